The summed E-state index contributed by atoms with van der Waals surface area (Å²) < 4.78 is 16.9. The van der Waals surface area contributed by atoms with Gasteiger partial charge in [0.15, 0.2) is 10.8 Å². The van der Waals surface area contributed by atoms with Gasteiger partial charge in [0.1, 0.15) is 11.5 Å². The molecule has 0 aliphatic rings. The van der Waals surface area contributed by atoms with Crippen LogP contribution in [-0.4, -0.2) is 41.1 Å². The summed E-state index contributed by atoms with van der Waals surface area (Å²) in [6, 6.07) is 11.4. The average Bonchev–Trinajstić information content (AvgIpc) is 3.35. The number of nitrogens with one attached hydrogen (secondary N) is 1. The van der Waals surface area contributed by atoms with E-state index < -0.39 is 5.82 Å². The quantitative estimate of drug-likeness (QED) is 0.137. The predicted octanol–water partition coefficient (Wildman–Crippen LogP) is 2.61. The molecule has 11 nitrogen and oxygen atoms in total. The van der Waals surface area contributed by atoms with Gasteiger partial charge in [-0.25, -0.2) is 9.07 Å². The van der Waals surface area contributed by atoms with Crippen molar-refractivity contribution in [1.29, 1.82) is 0 Å². The molecule has 4 aromatic rings. The number of nitrogens with zero attached hydrogens (tertiary/aromatic N) is 7. The number of halogens is 1. The number of aromatic nitrogens is 4. The normalized spacial score (nSPS) is 11.6. The van der Waals surface area contributed by atoms with Crippen molar-refractivity contribution in [1.82, 2.24) is 25.0 Å². The maximum Gasteiger partial charge on any atom is 0.221 e. The topological polar surface area (TPSA) is 157 Å². The molecule has 0 aliphatic carbocycles. The molecule has 0 radical (unpaired) electrons. The number of fused-ring (bicyclic) bond motifs is 1. The third kappa shape index (κ3) is 4.87. The molecule has 4 rings (SSSR count). The van der Waals surface area contributed by atoms with Crippen molar-refractivity contribution < 1.29 is 9.50 Å². The van der Waals surface area contributed by atoms with E-state index in [1.165, 1.54) is 22.8 Å². The average molecular weight is 497 g/mol. The van der Waals surface area contributed by atoms with Gasteiger partial charge >= 0.3 is 0 Å². The van der Waals surface area contributed by atoms with E-state index in [1.54, 1.807) is 17.1 Å². The van der Waals surface area contributed by atoms with Crippen molar-refractivity contribution >= 4 is 57.5 Å². The van der Waals surface area contributed by atoms with Crippen LogP contribution in [0, 0.1) is 5.82 Å². The molecule has 0 saturated heterocycles. The van der Waals surface area contributed by atoms with Crippen molar-refractivity contribution in [3.05, 3.63) is 65.7 Å². The maximum atomic E-state index is 13.9. The summed E-state index contributed by atoms with van der Waals surface area (Å²) >= 11 is 9.45. The summed E-state index contributed by atoms with van der Waals surface area (Å²) in [7, 11) is 0. The largest absolute Gasteiger partial charge is 0.493 e. The summed E-state index contributed by atoms with van der Waals surface area (Å²) in [6.07, 6.45) is 3.24. The standard InChI is InChI=1S/C20H17FN10OS2/c21-12-5-6-16-14(7-12)17(26-28-20(23)34)18(32)30(16)9-13-10-31(29-25-13)15-4-2-1-3-11(15)8-24-27-19(22)33/h1-8,10,32H,9H2,(H2,23,34)(H3,22,27,33)/b24-8+,28-26?. The first-order valence-electron chi connectivity index (χ1n) is 9.64. The number of azo groups is 1. The van der Waals surface area contributed by atoms with Crippen LogP contribution in [0.25, 0.3) is 16.6 Å². The lowest BCUT2D eigenvalue weighted by Gasteiger charge is -2.05. The van der Waals surface area contributed by atoms with E-state index in [-0.39, 0.29) is 28.3 Å². The van der Waals surface area contributed by atoms with Crippen LogP contribution in [0.3, 0.4) is 0 Å². The van der Waals surface area contributed by atoms with Crippen LogP contribution in [0.4, 0.5) is 10.1 Å². The van der Waals surface area contributed by atoms with E-state index >= 15 is 0 Å². The highest BCUT2D eigenvalue weighted by molar-refractivity contribution is 7.80. The lowest BCUT2D eigenvalue weighted by molar-refractivity contribution is 0.428. The Labute approximate surface area is 202 Å². The Morgan fingerprint density at radius 3 is 2.76 bits per heavy atom. The second-order valence-corrected chi connectivity index (χ2v) is 7.76. The summed E-state index contributed by atoms with van der Waals surface area (Å²) in [4.78, 5) is 0. The highest BCUT2D eigenvalue weighted by Crippen LogP contribution is 2.39. The molecule has 0 atom stereocenters. The SMILES string of the molecule is NC(=S)N=Nc1c(O)n(Cc2cn(-c3ccccc3/C=N/NC(N)=S)nn2)c2ccc(F)cc12. The van der Waals surface area contributed by atoms with Crippen LogP contribution < -0.4 is 16.9 Å². The maximum absolute atomic E-state index is 13.9. The predicted molar refractivity (Wildman–Crippen MR) is 133 cm³/mol. The number of thiocarbonyl (C=S) groups is 2. The number of nitrogens with two attached hydrogens (primary N) is 2. The Kier molecular flexibility index (Phi) is 6.51. The van der Waals surface area contributed by atoms with Crippen molar-refractivity contribution in [2.45, 2.75) is 6.54 Å². The Morgan fingerprint density at radius 2 is 2.00 bits per heavy atom. The molecule has 0 spiro atoms. The molecule has 0 aliphatic heterocycles. The Balaban J connectivity index is 1.69. The number of aromatic hydroxyl groups is 1. The summed E-state index contributed by atoms with van der Waals surface area (Å²) in [5.41, 5.74) is 15.8. The molecule has 172 valence electrons. The molecule has 2 aromatic heterocycles. The molecular formula is C20H17FN10OS2. The van der Waals surface area contributed by atoms with Crippen LogP contribution in [0.5, 0.6) is 5.88 Å². The fraction of sp³-hybridized carbons (Fsp3) is 0.0500. The Morgan fingerprint density at radius 1 is 1.21 bits per heavy atom. The van der Waals surface area contributed by atoms with Crippen LogP contribution in [0.15, 0.2) is 64.0 Å². The summed E-state index contributed by atoms with van der Waals surface area (Å²) in [6.45, 7) is 0.121. The zero-order valence-corrected chi connectivity index (χ0v) is 19.0. The van der Waals surface area contributed by atoms with Crippen molar-refractivity contribution in [3.8, 4) is 11.6 Å². The minimum Gasteiger partial charge on any atom is -0.493 e. The zero-order valence-electron chi connectivity index (χ0n) is 17.3. The molecule has 2 aromatic carbocycles. The zero-order chi connectivity index (χ0) is 24.2. The van der Waals surface area contributed by atoms with Gasteiger partial charge in [-0.05, 0) is 48.7 Å². The molecule has 0 bridgehead atoms. The van der Waals surface area contributed by atoms with Crippen molar-refractivity contribution in [2.75, 3.05) is 0 Å². The van der Waals surface area contributed by atoms with E-state index in [1.807, 2.05) is 24.3 Å². The fourth-order valence-electron chi connectivity index (χ4n) is 3.27. The van der Waals surface area contributed by atoms with Gasteiger partial charge in [0, 0.05) is 10.9 Å². The van der Waals surface area contributed by atoms with Crippen molar-refractivity contribution in [2.24, 2.45) is 26.8 Å². The van der Waals surface area contributed by atoms with E-state index in [4.69, 9.17) is 35.9 Å². The molecular weight excluding hydrogens is 479 g/mol. The highest BCUT2D eigenvalue weighted by Gasteiger charge is 2.19. The molecule has 2 heterocycles. The van der Waals surface area contributed by atoms with Gasteiger partial charge in [0.25, 0.3) is 0 Å². The minimum absolute atomic E-state index is 0.0431. The van der Waals surface area contributed by atoms with Gasteiger partial charge in [-0.1, -0.05) is 23.4 Å². The highest BCUT2D eigenvalue weighted by atomic mass is 32.1. The molecule has 0 saturated carbocycles. The number of hydrazone groups is 1. The first kappa shape index (κ1) is 22.9. The van der Waals surface area contributed by atoms with E-state index in [0.717, 1.165) is 5.56 Å². The summed E-state index contributed by atoms with van der Waals surface area (Å²) in [5, 5.41) is 30.8. The molecule has 0 unspecified atom stereocenters. The lowest BCUT2D eigenvalue weighted by Crippen LogP contribution is -2.24. The van der Waals surface area contributed by atoms with Gasteiger partial charge in [0.05, 0.1) is 30.2 Å². The van der Waals surface area contributed by atoms with Gasteiger partial charge in [-0.15, -0.1) is 15.3 Å². The third-order valence-corrected chi connectivity index (χ3v) is 4.82. The van der Waals surface area contributed by atoms with Crippen molar-refractivity contribution in [3.63, 3.8) is 0 Å². The second-order valence-electron chi connectivity index (χ2n) is 6.91. The van der Waals surface area contributed by atoms with Crippen LogP contribution in [0.2, 0.25) is 0 Å². The van der Waals surface area contributed by atoms with Gasteiger partial charge in [-0.2, -0.15) is 5.10 Å². The third-order valence-electron chi connectivity index (χ3n) is 4.64. The van der Waals surface area contributed by atoms with Gasteiger partial charge in [-0.3, -0.25) is 5.43 Å². The minimum atomic E-state index is -0.495. The van der Waals surface area contributed by atoms with E-state index in [9.17, 15) is 9.50 Å². The van der Waals surface area contributed by atoms with Gasteiger partial charge < -0.3 is 21.1 Å². The fourth-order valence-corrected chi connectivity index (χ4v) is 3.37. The number of para-hydroxylation sites is 1. The number of hydrogen-bond donors (Lipinski definition) is 4. The second kappa shape index (κ2) is 9.68. The Hall–Kier alpha value is -4.30. The molecule has 14 heteroatoms. The smallest absolute Gasteiger partial charge is 0.221 e. The number of rotatable bonds is 6. The van der Waals surface area contributed by atoms with Gasteiger partial charge in [0.2, 0.25) is 11.0 Å². The summed E-state index contributed by atoms with van der Waals surface area (Å²) in [5.74, 6) is -0.739. The number of benzene rings is 2. The molecule has 6 N–H and O–H groups in total. The van der Waals surface area contributed by atoms with Crippen LogP contribution in [0.1, 0.15) is 11.3 Å². The number of hydrogen-bond acceptors (Lipinski definition) is 7. The Bertz CT molecular complexity index is 1460. The lowest BCUT2D eigenvalue weighted by atomic mass is 10.2. The van der Waals surface area contributed by atoms with Crippen LogP contribution >= 0.6 is 24.4 Å². The molecule has 0 fully saturated rings. The van der Waals surface area contributed by atoms with E-state index in [0.29, 0.717) is 22.3 Å². The first-order chi connectivity index (χ1) is 16.3. The van der Waals surface area contributed by atoms with Crippen LogP contribution in [-0.2, 0) is 6.54 Å². The molecule has 0 amide bonds. The first-order valence-corrected chi connectivity index (χ1v) is 10.5. The molecule has 34 heavy (non-hydrogen) atoms. The van der Waals surface area contributed by atoms with E-state index in [2.05, 4.69) is 31.1 Å². The monoisotopic (exact) mass is 496 g/mol.